The van der Waals surface area contributed by atoms with Gasteiger partial charge in [0.1, 0.15) is 17.8 Å². The maximum atomic E-state index is 13.8. The number of nitrogens with one attached hydrogen (secondary N) is 2. The topological polar surface area (TPSA) is 104 Å². The average Bonchev–Trinajstić information content (AvgIpc) is 2.97. The number of H-pyrrole nitrogens is 1. The van der Waals surface area contributed by atoms with Gasteiger partial charge in [0.05, 0.1) is 22.6 Å². The minimum absolute atomic E-state index is 0.151. The quantitative estimate of drug-likeness (QED) is 0.576. The molecule has 26 heavy (non-hydrogen) atoms. The summed E-state index contributed by atoms with van der Waals surface area (Å²) < 4.78 is 27.6. The Balaban J connectivity index is 1.84. The summed E-state index contributed by atoms with van der Waals surface area (Å²) in [6.45, 7) is 0. The summed E-state index contributed by atoms with van der Waals surface area (Å²) in [6.07, 6.45) is 0.188. The highest BCUT2D eigenvalue weighted by Gasteiger charge is 2.30. The second-order valence-corrected chi connectivity index (χ2v) is 6.69. The van der Waals surface area contributed by atoms with Gasteiger partial charge in [-0.25, -0.2) is 13.8 Å². The van der Waals surface area contributed by atoms with Crippen LogP contribution in [0.25, 0.3) is 21.8 Å². The number of aromatic amines is 1. The molecule has 3 atom stereocenters. The molecule has 2 aromatic heterocycles. The van der Waals surface area contributed by atoms with Crippen LogP contribution in [0, 0.1) is 5.82 Å². The van der Waals surface area contributed by atoms with E-state index in [2.05, 4.69) is 15.3 Å². The number of carbonyl (C=O) groups is 1. The number of alkyl halides is 1. The summed E-state index contributed by atoms with van der Waals surface area (Å²) in [7, 11) is 0. The van der Waals surface area contributed by atoms with Gasteiger partial charge >= 0.3 is 0 Å². The van der Waals surface area contributed by atoms with Crippen molar-refractivity contribution in [2.75, 3.05) is 5.32 Å². The van der Waals surface area contributed by atoms with Gasteiger partial charge in [-0.3, -0.25) is 4.79 Å². The van der Waals surface area contributed by atoms with Gasteiger partial charge in [-0.2, -0.15) is 0 Å². The molecule has 0 spiro atoms. The fourth-order valence-corrected chi connectivity index (χ4v) is 3.59. The molecule has 0 saturated heterocycles. The van der Waals surface area contributed by atoms with Crippen LogP contribution in [0.1, 0.15) is 29.6 Å². The number of rotatable bonds is 3. The molecule has 8 heteroatoms. The van der Waals surface area contributed by atoms with E-state index in [0.29, 0.717) is 40.5 Å². The lowest BCUT2D eigenvalue weighted by molar-refractivity contribution is 0.0402. The number of primary amides is 1. The zero-order valence-electron chi connectivity index (χ0n) is 13.8. The lowest BCUT2D eigenvalue weighted by atomic mass is 9.91. The Hall–Kier alpha value is -2.74. The molecule has 1 aromatic carbocycles. The van der Waals surface area contributed by atoms with E-state index in [-0.39, 0.29) is 18.0 Å². The third-order valence-electron chi connectivity index (χ3n) is 4.93. The molecule has 4 rings (SSSR count). The van der Waals surface area contributed by atoms with Crippen LogP contribution in [0.5, 0.6) is 0 Å². The molecule has 3 unspecified atom stereocenters. The largest absolute Gasteiger partial charge is 0.390 e. The standard InChI is InChI=1S/C18H18F2N4O2/c19-8-1-3-13-10(5-8)15-16(24-13)11(17(21)26)7-22-18(15)23-9-2-4-14(25)12(20)6-9/h1,3,5,7,9,12,14,24-25H,2,4,6H2,(H2,21,26)(H,22,23). The Morgan fingerprint density at radius 3 is 2.92 bits per heavy atom. The Bertz CT molecular complexity index is 1000. The number of aliphatic hydroxyl groups excluding tert-OH is 1. The van der Waals surface area contributed by atoms with Crippen molar-refractivity contribution in [1.29, 1.82) is 0 Å². The highest BCUT2D eigenvalue weighted by molar-refractivity contribution is 6.18. The zero-order chi connectivity index (χ0) is 18.4. The van der Waals surface area contributed by atoms with E-state index < -0.39 is 24.0 Å². The minimum Gasteiger partial charge on any atom is -0.390 e. The van der Waals surface area contributed by atoms with Crippen molar-refractivity contribution >= 4 is 33.5 Å². The molecule has 2 heterocycles. The zero-order valence-corrected chi connectivity index (χ0v) is 13.8. The van der Waals surface area contributed by atoms with Crippen LogP contribution in [-0.2, 0) is 0 Å². The molecule has 6 nitrogen and oxygen atoms in total. The first-order valence-electron chi connectivity index (χ1n) is 8.42. The SMILES string of the molecule is NC(=O)c1cnc(NC2CCC(O)C(F)C2)c2c1[nH]c1ccc(F)cc12. The molecule has 0 aliphatic heterocycles. The number of hydrogen-bond donors (Lipinski definition) is 4. The molecule has 1 fully saturated rings. The fraction of sp³-hybridized carbons (Fsp3) is 0.333. The van der Waals surface area contributed by atoms with E-state index in [1.807, 2.05) is 0 Å². The molecule has 1 aliphatic carbocycles. The summed E-state index contributed by atoms with van der Waals surface area (Å²) in [5.74, 6) is -0.639. The number of hydrogen-bond acceptors (Lipinski definition) is 4. The molecular formula is C18H18F2N4O2. The number of halogens is 2. The third kappa shape index (κ3) is 2.76. The number of aromatic nitrogens is 2. The highest BCUT2D eigenvalue weighted by Crippen LogP contribution is 2.34. The number of benzene rings is 1. The van der Waals surface area contributed by atoms with Gasteiger partial charge in [-0.1, -0.05) is 0 Å². The van der Waals surface area contributed by atoms with Crippen LogP contribution >= 0.6 is 0 Å². The molecule has 1 aliphatic rings. The Labute approximate surface area is 147 Å². The molecule has 136 valence electrons. The first-order chi connectivity index (χ1) is 12.4. The first-order valence-corrected chi connectivity index (χ1v) is 8.42. The molecular weight excluding hydrogens is 342 g/mol. The van der Waals surface area contributed by atoms with Gasteiger partial charge in [0.15, 0.2) is 0 Å². The number of pyridine rings is 1. The van der Waals surface area contributed by atoms with Gasteiger partial charge in [-0.05, 0) is 31.0 Å². The second-order valence-electron chi connectivity index (χ2n) is 6.69. The molecule has 0 radical (unpaired) electrons. The van der Waals surface area contributed by atoms with E-state index in [9.17, 15) is 18.7 Å². The minimum atomic E-state index is -1.30. The Kier molecular flexibility index (Phi) is 3.99. The maximum Gasteiger partial charge on any atom is 0.252 e. The van der Waals surface area contributed by atoms with Crippen LogP contribution in [0.2, 0.25) is 0 Å². The van der Waals surface area contributed by atoms with Crippen molar-refractivity contribution in [3.05, 3.63) is 35.8 Å². The van der Waals surface area contributed by atoms with Gasteiger partial charge in [0, 0.05) is 29.6 Å². The van der Waals surface area contributed by atoms with E-state index in [1.54, 1.807) is 6.07 Å². The predicted octanol–water partition coefficient (Wildman–Crippen LogP) is 2.62. The van der Waals surface area contributed by atoms with Crippen LogP contribution in [0.15, 0.2) is 24.4 Å². The monoisotopic (exact) mass is 360 g/mol. The van der Waals surface area contributed by atoms with E-state index in [1.165, 1.54) is 18.3 Å². The number of carbonyl (C=O) groups excluding carboxylic acids is 1. The molecule has 5 N–H and O–H groups in total. The van der Waals surface area contributed by atoms with Crippen LogP contribution < -0.4 is 11.1 Å². The number of nitrogens with zero attached hydrogens (tertiary/aromatic N) is 1. The van der Waals surface area contributed by atoms with E-state index in [0.717, 1.165) is 0 Å². The van der Waals surface area contributed by atoms with Crippen molar-refractivity contribution in [2.45, 2.75) is 37.6 Å². The van der Waals surface area contributed by atoms with E-state index in [4.69, 9.17) is 5.73 Å². The molecule has 0 bridgehead atoms. The lowest BCUT2D eigenvalue weighted by Gasteiger charge is -2.29. The number of anilines is 1. The van der Waals surface area contributed by atoms with Gasteiger partial charge in [-0.15, -0.1) is 0 Å². The number of fused-ring (bicyclic) bond motifs is 3. The number of amides is 1. The second kappa shape index (κ2) is 6.21. The Morgan fingerprint density at radius 2 is 2.19 bits per heavy atom. The summed E-state index contributed by atoms with van der Waals surface area (Å²) in [4.78, 5) is 19.1. The summed E-state index contributed by atoms with van der Waals surface area (Å²) >= 11 is 0. The summed E-state index contributed by atoms with van der Waals surface area (Å²) in [5, 5.41) is 13.8. The fourth-order valence-electron chi connectivity index (χ4n) is 3.59. The van der Waals surface area contributed by atoms with E-state index >= 15 is 0 Å². The lowest BCUT2D eigenvalue weighted by Crippen LogP contribution is -2.37. The summed E-state index contributed by atoms with van der Waals surface area (Å²) in [5.41, 5.74) is 6.73. The van der Waals surface area contributed by atoms with Crippen LogP contribution in [-0.4, -0.2) is 39.3 Å². The number of nitrogens with two attached hydrogens (primary N) is 1. The molecule has 1 amide bonds. The van der Waals surface area contributed by atoms with Crippen molar-refractivity contribution in [2.24, 2.45) is 5.73 Å². The van der Waals surface area contributed by atoms with Crippen molar-refractivity contribution in [3.8, 4) is 0 Å². The normalized spacial score (nSPS) is 23.4. The van der Waals surface area contributed by atoms with Gasteiger partial charge in [0.2, 0.25) is 0 Å². The smallest absolute Gasteiger partial charge is 0.252 e. The number of aliphatic hydroxyl groups is 1. The van der Waals surface area contributed by atoms with Crippen molar-refractivity contribution in [1.82, 2.24) is 9.97 Å². The molecule has 3 aromatic rings. The predicted molar refractivity (Wildman–Crippen MR) is 94.2 cm³/mol. The van der Waals surface area contributed by atoms with Crippen LogP contribution in [0.3, 0.4) is 0 Å². The van der Waals surface area contributed by atoms with Crippen molar-refractivity contribution in [3.63, 3.8) is 0 Å². The van der Waals surface area contributed by atoms with Crippen LogP contribution in [0.4, 0.5) is 14.6 Å². The average molecular weight is 360 g/mol. The van der Waals surface area contributed by atoms with Crippen molar-refractivity contribution < 1.29 is 18.7 Å². The summed E-state index contributed by atoms with van der Waals surface area (Å²) in [6, 6.07) is 4.03. The maximum absolute atomic E-state index is 13.8. The highest BCUT2D eigenvalue weighted by atomic mass is 19.1. The third-order valence-corrected chi connectivity index (χ3v) is 4.93. The molecule has 1 saturated carbocycles. The Morgan fingerprint density at radius 1 is 1.38 bits per heavy atom. The van der Waals surface area contributed by atoms with Gasteiger partial charge in [0.25, 0.3) is 5.91 Å². The van der Waals surface area contributed by atoms with Gasteiger partial charge < -0.3 is 21.1 Å². The first kappa shape index (κ1) is 16.7.